The van der Waals surface area contributed by atoms with Crippen LogP contribution in [0.5, 0.6) is 0 Å². The zero-order chi connectivity index (χ0) is 44.5. The van der Waals surface area contributed by atoms with Crippen molar-refractivity contribution in [3.63, 3.8) is 0 Å². The second kappa shape index (κ2) is 14.1. The van der Waals surface area contributed by atoms with Crippen molar-refractivity contribution in [1.29, 1.82) is 0 Å². The number of benzene rings is 10. The summed E-state index contributed by atoms with van der Waals surface area (Å²) in [6.07, 6.45) is 0. The minimum absolute atomic E-state index is 0.541. The van der Waals surface area contributed by atoms with Crippen LogP contribution in [0.15, 0.2) is 220 Å². The molecular formula is C61H34N4O3. The van der Waals surface area contributed by atoms with E-state index in [1.807, 2.05) is 72.8 Å². The topological polar surface area (TPSA) is 83.0 Å². The maximum atomic E-state index is 6.53. The summed E-state index contributed by atoms with van der Waals surface area (Å²) < 4.78 is 21.4. The van der Waals surface area contributed by atoms with E-state index in [4.69, 9.17) is 28.2 Å². The Kier molecular flexibility index (Phi) is 7.65. The molecule has 10 aromatic carbocycles. The van der Waals surface area contributed by atoms with Gasteiger partial charge in [-0.05, 0) is 125 Å². The van der Waals surface area contributed by atoms with E-state index in [-0.39, 0.29) is 0 Å². The second-order valence-electron chi connectivity index (χ2n) is 17.5. The lowest BCUT2D eigenvalue weighted by Gasteiger charge is -2.16. The van der Waals surface area contributed by atoms with Crippen LogP contribution in [-0.4, -0.2) is 19.5 Å². The summed E-state index contributed by atoms with van der Waals surface area (Å²) in [7, 11) is 0. The van der Waals surface area contributed by atoms with Crippen molar-refractivity contribution in [2.45, 2.75) is 0 Å². The van der Waals surface area contributed by atoms with Gasteiger partial charge in [-0.1, -0.05) is 103 Å². The Hall–Kier alpha value is -9.33. The van der Waals surface area contributed by atoms with E-state index in [1.54, 1.807) is 0 Å². The standard InChI is InChI=1S/C61H34N4O3/c1-2-12-36-32-52-48(29-35(36)11-1)41-13-3-7-17-51(41)65(52)40-24-26-46(47(34-40)37-21-25-45-42-14-4-8-18-53(42)68-58(45)33-37)61-63-59(38-22-27-56-49(30-38)43-15-5-9-19-54(43)66-56)62-60(64-61)39-23-28-57-50(31-39)44-16-6-10-20-55(44)67-57/h1-34H. The molecule has 0 amide bonds. The zero-order valence-corrected chi connectivity index (χ0v) is 36.1. The fourth-order valence-corrected chi connectivity index (χ4v) is 10.4. The van der Waals surface area contributed by atoms with E-state index in [2.05, 4.69) is 138 Å². The highest BCUT2D eigenvalue weighted by Gasteiger charge is 2.22. The maximum absolute atomic E-state index is 6.53. The molecule has 0 aliphatic heterocycles. The molecule has 0 spiro atoms. The average molecular weight is 871 g/mol. The molecule has 7 heteroatoms. The Morgan fingerprint density at radius 3 is 1.44 bits per heavy atom. The van der Waals surface area contributed by atoms with Crippen LogP contribution in [-0.2, 0) is 0 Å². The van der Waals surface area contributed by atoms with Crippen molar-refractivity contribution in [3.8, 4) is 51.0 Å². The molecule has 15 rings (SSSR count). The first-order valence-electron chi connectivity index (χ1n) is 22.7. The SMILES string of the molecule is c1ccc2cc3c(cc2c1)c1ccccc1n3-c1ccc(-c2nc(-c3ccc4oc5ccccc5c4c3)nc(-c3ccc4oc5ccccc5c4c3)n2)c(-c2ccc3c(c2)oc2ccccc23)c1. The van der Waals surface area contributed by atoms with Crippen LogP contribution in [0.2, 0.25) is 0 Å². The van der Waals surface area contributed by atoms with Gasteiger partial charge in [0.2, 0.25) is 0 Å². The first-order valence-corrected chi connectivity index (χ1v) is 22.7. The first kappa shape index (κ1) is 36.9. The molecule has 0 saturated carbocycles. The van der Waals surface area contributed by atoms with Crippen LogP contribution in [0.3, 0.4) is 0 Å². The van der Waals surface area contributed by atoms with Gasteiger partial charge >= 0.3 is 0 Å². The smallest absolute Gasteiger partial charge is 0.164 e. The molecule has 15 aromatic rings. The highest BCUT2D eigenvalue weighted by molar-refractivity contribution is 6.14. The fourth-order valence-electron chi connectivity index (χ4n) is 10.4. The van der Waals surface area contributed by atoms with E-state index in [0.717, 1.165) is 110 Å². The van der Waals surface area contributed by atoms with Gasteiger partial charge in [-0.25, -0.2) is 15.0 Å². The average Bonchev–Trinajstić information content (AvgIpc) is 4.16. The quantitative estimate of drug-likeness (QED) is 0.171. The summed E-state index contributed by atoms with van der Waals surface area (Å²) in [6, 6.07) is 71.8. The minimum Gasteiger partial charge on any atom is -0.456 e. The van der Waals surface area contributed by atoms with Gasteiger partial charge in [0.15, 0.2) is 17.5 Å². The predicted octanol–water partition coefficient (Wildman–Crippen LogP) is 16.5. The third-order valence-corrected chi connectivity index (χ3v) is 13.6. The number of hydrogen-bond donors (Lipinski definition) is 0. The number of para-hydroxylation sites is 4. The fraction of sp³-hybridized carbons (Fsp3) is 0. The summed E-state index contributed by atoms with van der Waals surface area (Å²) in [5, 5.41) is 11.0. The van der Waals surface area contributed by atoms with Crippen LogP contribution in [0.4, 0.5) is 0 Å². The van der Waals surface area contributed by atoms with Crippen LogP contribution >= 0.6 is 0 Å². The Labute approximate surface area is 386 Å². The second-order valence-corrected chi connectivity index (χ2v) is 17.5. The van der Waals surface area contributed by atoms with Crippen LogP contribution in [0.25, 0.3) is 149 Å². The molecule has 316 valence electrons. The lowest BCUT2D eigenvalue weighted by Crippen LogP contribution is -2.02. The monoisotopic (exact) mass is 870 g/mol. The van der Waals surface area contributed by atoms with Crippen molar-refractivity contribution in [3.05, 3.63) is 206 Å². The third-order valence-electron chi connectivity index (χ3n) is 13.6. The van der Waals surface area contributed by atoms with E-state index in [0.29, 0.717) is 17.5 Å². The lowest BCUT2D eigenvalue weighted by atomic mass is 9.96. The molecule has 7 nitrogen and oxygen atoms in total. The van der Waals surface area contributed by atoms with Crippen LogP contribution < -0.4 is 0 Å². The summed E-state index contributed by atoms with van der Waals surface area (Å²) in [5.41, 5.74) is 12.7. The minimum atomic E-state index is 0.541. The molecule has 5 aromatic heterocycles. The largest absolute Gasteiger partial charge is 0.456 e. The van der Waals surface area contributed by atoms with E-state index < -0.39 is 0 Å². The lowest BCUT2D eigenvalue weighted by molar-refractivity contribution is 0.668. The van der Waals surface area contributed by atoms with Crippen molar-refractivity contribution >= 4 is 98.4 Å². The summed E-state index contributed by atoms with van der Waals surface area (Å²) in [4.78, 5) is 16.0. The normalized spacial score (nSPS) is 12.1. The molecule has 0 bridgehead atoms. The molecular weight excluding hydrogens is 837 g/mol. The number of hydrogen-bond acceptors (Lipinski definition) is 6. The Morgan fingerprint density at radius 1 is 0.279 bits per heavy atom. The summed E-state index contributed by atoms with van der Waals surface area (Å²) in [5.74, 6) is 1.64. The summed E-state index contributed by atoms with van der Waals surface area (Å²) in [6.45, 7) is 0. The molecule has 0 radical (unpaired) electrons. The van der Waals surface area contributed by atoms with Gasteiger partial charge in [0.05, 0.1) is 11.0 Å². The molecule has 0 N–H and O–H groups in total. The van der Waals surface area contributed by atoms with Gasteiger partial charge in [-0.15, -0.1) is 0 Å². The molecule has 68 heavy (non-hydrogen) atoms. The Balaban J connectivity index is 1.000. The molecule has 0 atom stereocenters. The van der Waals surface area contributed by atoms with Gasteiger partial charge in [-0.2, -0.15) is 0 Å². The van der Waals surface area contributed by atoms with Gasteiger partial charge in [-0.3, -0.25) is 0 Å². The van der Waals surface area contributed by atoms with Crippen molar-refractivity contribution < 1.29 is 13.3 Å². The highest BCUT2D eigenvalue weighted by Crippen LogP contribution is 2.42. The number of aromatic nitrogens is 4. The Morgan fingerprint density at radius 2 is 0.779 bits per heavy atom. The Bertz CT molecular complexity index is 4460. The van der Waals surface area contributed by atoms with Crippen molar-refractivity contribution in [2.24, 2.45) is 0 Å². The van der Waals surface area contributed by atoms with Gasteiger partial charge in [0.25, 0.3) is 0 Å². The molecule has 0 saturated heterocycles. The first-order chi connectivity index (χ1) is 33.6. The van der Waals surface area contributed by atoms with Gasteiger partial charge in [0, 0.05) is 65.5 Å². The zero-order valence-electron chi connectivity index (χ0n) is 36.1. The third kappa shape index (κ3) is 5.56. The molecule has 5 heterocycles. The van der Waals surface area contributed by atoms with E-state index >= 15 is 0 Å². The van der Waals surface area contributed by atoms with Crippen LogP contribution in [0.1, 0.15) is 0 Å². The number of nitrogens with zero attached hydrogens (tertiary/aromatic N) is 4. The van der Waals surface area contributed by atoms with Crippen molar-refractivity contribution in [2.75, 3.05) is 0 Å². The molecule has 0 aliphatic carbocycles. The van der Waals surface area contributed by atoms with Crippen molar-refractivity contribution in [1.82, 2.24) is 19.5 Å². The number of rotatable bonds is 5. The van der Waals surface area contributed by atoms with E-state index in [9.17, 15) is 0 Å². The highest BCUT2D eigenvalue weighted by atomic mass is 16.3. The number of fused-ring (bicyclic) bond motifs is 13. The number of furan rings is 3. The van der Waals surface area contributed by atoms with Gasteiger partial charge < -0.3 is 17.8 Å². The van der Waals surface area contributed by atoms with Gasteiger partial charge in [0.1, 0.15) is 33.5 Å². The predicted molar refractivity (Wildman–Crippen MR) is 275 cm³/mol. The molecule has 0 fully saturated rings. The molecule has 0 unspecified atom stereocenters. The maximum Gasteiger partial charge on any atom is 0.164 e. The van der Waals surface area contributed by atoms with Crippen LogP contribution in [0, 0.1) is 0 Å². The summed E-state index contributed by atoms with van der Waals surface area (Å²) >= 11 is 0. The molecule has 0 aliphatic rings. The van der Waals surface area contributed by atoms with E-state index in [1.165, 1.54) is 21.5 Å².